The zero-order valence-electron chi connectivity index (χ0n) is 15.2. The van der Waals surface area contributed by atoms with Gasteiger partial charge in [0.2, 0.25) is 0 Å². The average molecular weight is 391 g/mol. The molecule has 1 aromatic carbocycles. The van der Waals surface area contributed by atoms with Crippen LogP contribution in [0.15, 0.2) is 41.6 Å². The van der Waals surface area contributed by atoms with Crippen LogP contribution in [0.5, 0.6) is 5.75 Å². The molecule has 0 aliphatic heterocycles. The van der Waals surface area contributed by atoms with Gasteiger partial charge in [-0.15, -0.1) is 0 Å². The van der Waals surface area contributed by atoms with Crippen LogP contribution in [-0.2, 0) is 16.6 Å². The zero-order valence-corrected chi connectivity index (χ0v) is 16.0. The van der Waals surface area contributed by atoms with Crippen LogP contribution in [-0.4, -0.2) is 32.1 Å². The number of hydrogen-bond acceptors (Lipinski definition) is 7. The highest BCUT2D eigenvalue weighted by Crippen LogP contribution is 2.30. The number of aromatic nitrogens is 1. The Hall–Kier alpha value is -2.65. The van der Waals surface area contributed by atoms with Gasteiger partial charge in [-0.05, 0) is 53.1 Å². The molecule has 0 spiro atoms. The Morgan fingerprint density at radius 2 is 2.07 bits per heavy atom. The monoisotopic (exact) mass is 391 g/mol. The second-order valence-corrected chi connectivity index (χ2v) is 7.82. The van der Waals surface area contributed by atoms with Gasteiger partial charge < -0.3 is 10.2 Å². The number of nitrogens with one attached hydrogen (secondary N) is 1. The number of phenols is 1. The van der Waals surface area contributed by atoms with Crippen LogP contribution in [0.2, 0.25) is 0 Å². The molecule has 0 fully saturated rings. The molecular weight excluding hydrogens is 370 g/mol. The largest absolute Gasteiger partial charge is 0.508 e. The number of aromatic hydroxyl groups is 1. The van der Waals surface area contributed by atoms with Crippen LogP contribution in [0.4, 0.5) is 5.69 Å². The predicted octanol–water partition coefficient (Wildman–Crippen LogP) is 3.29. The summed E-state index contributed by atoms with van der Waals surface area (Å²) in [5.41, 5.74) is 1.13. The molecule has 3 N–H and O–H groups in total. The Balaban J connectivity index is 2.23. The van der Waals surface area contributed by atoms with Crippen molar-refractivity contribution in [1.29, 1.82) is 0 Å². The molecule has 27 heavy (non-hydrogen) atoms. The van der Waals surface area contributed by atoms with Gasteiger partial charge in [-0.1, -0.05) is 26.8 Å². The van der Waals surface area contributed by atoms with Crippen LogP contribution in [0, 0.1) is 10.1 Å². The molecule has 0 amide bonds. The van der Waals surface area contributed by atoms with E-state index in [-0.39, 0.29) is 28.3 Å². The lowest BCUT2D eigenvalue weighted by atomic mass is 9.82. The summed E-state index contributed by atoms with van der Waals surface area (Å²) in [6, 6.07) is 6.60. The highest BCUT2D eigenvalue weighted by molar-refractivity contribution is 7.97. The summed E-state index contributed by atoms with van der Waals surface area (Å²) < 4.78 is 2.76. The van der Waals surface area contributed by atoms with E-state index in [0.717, 1.165) is 23.1 Å². The SMILES string of the molecule is CC(C)(C)c1cc(O)ccc1C[C@H](NSc1ncccc1[N+](=O)[O-])C(=O)O. The number of aliphatic carboxylic acids is 1. The Kier molecular flexibility index (Phi) is 6.40. The van der Waals surface area contributed by atoms with Crippen molar-refractivity contribution in [2.45, 2.75) is 43.7 Å². The predicted molar refractivity (Wildman–Crippen MR) is 102 cm³/mol. The minimum atomic E-state index is -1.09. The summed E-state index contributed by atoms with van der Waals surface area (Å²) in [4.78, 5) is 26.1. The number of carboxylic acid groups (broad SMARTS) is 1. The molecule has 2 rings (SSSR count). The summed E-state index contributed by atoms with van der Waals surface area (Å²) in [5, 5.41) is 30.5. The van der Waals surface area contributed by atoms with Crippen LogP contribution in [0.1, 0.15) is 31.9 Å². The summed E-state index contributed by atoms with van der Waals surface area (Å²) in [6.07, 6.45) is 1.56. The molecule has 0 aliphatic rings. The lowest BCUT2D eigenvalue weighted by Crippen LogP contribution is -2.35. The summed E-state index contributed by atoms with van der Waals surface area (Å²) >= 11 is 0.815. The minimum absolute atomic E-state index is 0.0931. The molecule has 2 aromatic rings. The fourth-order valence-corrected chi connectivity index (χ4v) is 3.37. The Labute approximate surface area is 160 Å². The maximum absolute atomic E-state index is 11.7. The molecule has 0 radical (unpaired) electrons. The second-order valence-electron chi connectivity index (χ2n) is 6.99. The van der Waals surface area contributed by atoms with E-state index < -0.39 is 16.9 Å². The molecule has 0 bridgehead atoms. The van der Waals surface area contributed by atoms with Crippen molar-refractivity contribution in [3.63, 3.8) is 0 Å². The van der Waals surface area contributed by atoms with Crippen molar-refractivity contribution in [3.8, 4) is 5.75 Å². The van der Waals surface area contributed by atoms with Crippen LogP contribution in [0.3, 0.4) is 0 Å². The maximum atomic E-state index is 11.7. The number of rotatable bonds is 7. The average Bonchev–Trinajstić information content (AvgIpc) is 2.58. The number of nitrogens with zero attached hydrogens (tertiary/aromatic N) is 2. The van der Waals surface area contributed by atoms with Gasteiger partial charge in [0.25, 0.3) is 0 Å². The summed E-state index contributed by atoms with van der Waals surface area (Å²) in [5.74, 6) is -0.976. The molecule has 8 nitrogen and oxygen atoms in total. The molecule has 1 aromatic heterocycles. The van der Waals surface area contributed by atoms with E-state index in [2.05, 4.69) is 9.71 Å². The van der Waals surface area contributed by atoms with E-state index in [0.29, 0.717) is 0 Å². The third kappa shape index (κ3) is 5.41. The number of nitro groups is 1. The highest BCUT2D eigenvalue weighted by atomic mass is 32.2. The summed E-state index contributed by atoms with van der Waals surface area (Å²) in [7, 11) is 0. The quantitative estimate of drug-likeness (QED) is 0.373. The molecule has 144 valence electrons. The number of carboxylic acids is 1. The van der Waals surface area contributed by atoms with Crippen molar-refractivity contribution in [3.05, 3.63) is 57.8 Å². The first-order valence-electron chi connectivity index (χ1n) is 8.16. The first-order chi connectivity index (χ1) is 12.6. The Bertz CT molecular complexity index is 851. The van der Waals surface area contributed by atoms with Gasteiger partial charge >= 0.3 is 11.7 Å². The standard InChI is InChI=1S/C18H21N3O5S/c1-18(2,3)13-10-12(22)7-6-11(13)9-14(17(23)24)20-27-16-15(21(25)26)5-4-8-19-16/h4-8,10,14,20,22H,9H2,1-3H3,(H,23,24)/t14-/m0/s1. The highest BCUT2D eigenvalue weighted by Gasteiger charge is 2.25. The van der Waals surface area contributed by atoms with Gasteiger partial charge in [0.1, 0.15) is 11.8 Å². The molecule has 0 saturated heterocycles. The summed E-state index contributed by atoms with van der Waals surface area (Å²) in [6.45, 7) is 5.92. The second kappa shape index (κ2) is 8.36. The van der Waals surface area contributed by atoms with Crippen molar-refractivity contribution in [2.75, 3.05) is 0 Å². The number of benzene rings is 1. The lowest BCUT2D eigenvalue weighted by molar-refractivity contribution is -0.388. The van der Waals surface area contributed by atoms with Gasteiger partial charge in [-0.25, -0.2) is 9.71 Å². The first kappa shape index (κ1) is 20.7. The zero-order chi connectivity index (χ0) is 20.2. The van der Waals surface area contributed by atoms with E-state index in [1.165, 1.54) is 24.4 Å². The van der Waals surface area contributed by atoms with E-state index >= 15 is 0 Å². The molecule has 0 saturated carbocycles. The smallest absolute Gasteiger partial charge is 0.321 e. The topological polar surface area (TPSA) is 126 Å². The number of carbonyl (C=O) groups is 1. The maximum Gasteiger partial charge on any atom is 0.321 e. The van der Waals surface area contributed by atoms with Crippen LogP contribution in [0.25, 0.3) is 0 Å². The van der Waals surface area contributed by atoms with Gasteiger partial charge in [-0.2, -0.15) is 0 Å². The van der Waals surface area contributed by atoms with E-state index in [4.69, 9.17) is 0 Å². The van der Waals surface area contributed by atoms with Gasteiger partial charge in [-0.3, -0.25) is 14.9 Å². The molecule has 0 aliphatic carbocycles. The third-order valence-electron chi connectivity index (χ3n) is 3.87. The fourth-order valence-electron chi connectivity index (χ4n) is 2.57. The Morgan fingerprint density at radius 1 is 1.37 bits per heavy atom. The number of phenolic OH excluding ortho intramolecular Hbond substituents is 1. The van der Waals surface area contributed by atoms with Crippen molar-refractivity contribution < 1.29 is 19.9 Å². The number of hydrogen-bond donors (Lipinski definition) is 3. The molecule has 0 unspecified atom stereocenters. The van der Waals surface area contributed by atoms with Crippen LogP contribution >= 0.6 is 11.9 Å². The van der Waals surface area contributed by atoms with Crippen molar-refractivity contribution >= 4 is 23.6 Å². The third-order valence-corrected chi connectivity index (χ3v) is 4.78. The van der Waals surface area contributed by atoms with E-state index in [1.807, 2.05) is 20.8 Å². The number of pyridine rings is 1. The van der Waals surface area contributed by atoms with E-state index in [9.17, 15) is 25.1 Å². The molecule has 1 heterocycles. The fraction of sp³-hybridized carbons (Fsp3) is 0.333. The molecule has 9 heteroatoms. The van der Waals surface area contributed by atoms with Gasteiger partial charge in [0.15, 0.2) is 5.03 Å². The van der Waals surface area contributed by atoms with Gasteiger partial charge in [0, 0.05) is 12.3 Å². The molecule has 1 atom stereocenters. The molecular formula is C18H21N3O5S. The lowest BCUT2D eigenvalue weighted by Gasteiger charge is -2.24. The van der Waals surface area contributed by atoms with Crippen molar-refractivity contribution in [1.82, 2.24) is 9.71 Å². The Morgan fingerprint density at radius 3 is 2.67 bits per heavy atom. The van der Waals surface area contributed by atoms with E-state index in [1.54, 1.807) is 12.1 Å². The van der Waals surface area contributed by atoms with Gasteiger partial charge in [0.05, 0.1) is 4.92 Å². The normalized spacial score (nSPS) is 12.6. The first-order valence-corrected chi connectivity index (χ1v) is 8.98. The minimum Gasteiger partial charge on any atom is -0.508 e. The van der Waals surface area contributed by atoms with Crippen molar-refractivity contribution in [2.24, 2.45) is 0 Å². The van der Waals surface area contributed by atoms with Crippen LogP contribution < -0.4 is 4.72 Å².